The third kappa shape index (κ3) is 2.20. The van der Waals surface area contributed by atoms with Crippen LogP contribution in [0.1, 0.15) is 12.8 Å². The standard InChI is InChI=1S/C7H13N3O2/c8-3-1-2-5-7(12)9-4-6(11)10-5/h5H,1-4,8H2,(H,9,12)(H,10,11). The van der Waals surface area contributed by atoms with Crippen LogP contribution in [0.3, 0.4) is 0 Å². The van der Waals surface area contributed by atoms with Gasteiger partial charge in [0.2, 0.25) is 11.8 Å². The van der Waals surface area contributed by atoms with Gasteiger partial charge in [0.05, 0.1) is 6.54 Å². The summed E-state index contributed by atoms with van der Waals surface area (Å²) in [5.41, 5.74) is 5.28. The molecule has 1 heterocycles. The van der Waals surface area contributed by atoms with Gasteiger partial charge in [0.25, 0.3) is 0 Å². The first kappa shape index (κ1) is 8.99. The molecule has 1 aliphatic heterocycles. The molecule has 1 fully saturated rings. The molecular formula is C7H13N3O2. The molecule has 0 saturated carbocycles. The minimum Gasteiger partial charge on any atom is -0.345 e. The van der Waals surface area contributed by atoms with Gasteiger partial charge in [-0.1, -0.05) is 0 Å². The predicted molar refractivity (Wildman–Crippen MR) is 43.2 cm³/mol. The summed E-state index contributed by atoms with van der Waals surface area (Å²) in [7, 11) is 0. The van der Waals surface area contributed by atoms with Crippen LogP contribution in [0.25, 0.3) is 0 Å². The Kier molecular flexibility index (Phi) is 3.04. The van der Waals surface area contributed by atoms with Crippen LogP contribution in [0.2, 0.25) is 0 Å². The topological polar surface area (TPSA) is 84.2 Å². The van der Waals surface area contributed by atoms with E-state index in [4.69, 9.17) is 5.73 Å². The third-order valence-corrected chi connectivity index (χ3v) is 1.77. The zero-order valence-electron chi connectivity index (χ0n) is 6.80. The van der Waals surface area contributed by atoms with E-state index in [1.807, 2.05) is 0 Å². The maximum atomic E-state index is 11.1. The molecular weight excluding hydrogens is 158 g/mol. The van der Waals surface area contributed by atoms with Gasteiger partial charge in [0, 0.05) is 0 Å². The van der Waals surface area contributed by atoms with E-state index in [2.05, 4.69) is 10.6 Å². The first-order chi connectivity index (χ1) is 5.74. The van der Waals surface area contributed by atoms with E-state index in [9.17, 15) is 9.59 Å². The Morgan fingerprint density at radius 2 is 2.25 bits per heavy atom. The number of piperazine rings is 1. The second-order valence-corrected chi connectivity index (χ2v) is 2.77. The molecule has 0 bridgehead atoms. The van der Waals surface area contributed by atoms with Gasteiger partial charge >= 0.3 is 0 Å². The summed E-state index contributed by atoms with van der Waals surface area (Å²) in [5, 5.41) is 5.09. The largest absolute Gasteiger partial charge is 0.345 e. The molecule has 4 N–H and O–H groups in total. The van der Waals surface area contributed by atoms with Crippen molar-refractivity contribution < 1.29 is 9.59 Å². The quantitative estimate of drug-likeness (QED) is 0.475. The lowest BCUT2D eigenvalue weighted by Gasteiger charge is -2.22. The zero-order chi connectivity index (χ0) is 8.97. The van der Waals surface area contributed by atoms with Crippen LogP contribution in [0.15, 0.2) is 0 Å². The van der Waals surface area contributed by atoms with E-state index in [0.717, 1.165) is 6.42 Å². The van der Waals surface area contributed by atoms with Crippen LogP contribution >= 0.6 is 0 Å². The summed E-state index contributed by atoms with van der Waals surface area (Å²) in [6, 6.07) is -0.380. The lowest BCUT2D eigenvalue weighted by atomic mass is 10.1. The third-order valence-electron chi connectivity index (χ3n) is 1.77. The van der Waals surface area contributed by atoms with Crippen molar-refractivity contribution in [2.45, 2.75) is 18.9 Å². The molecule has 2 amide bonds. The van der Waals surface area contributed by atoms with Gasteiger partial charge in [0.1, 0.15) is 6.04 Å². The maximum Gasteiger partial charge on any atom is 0.243 e. The molecule has 0 aromatic heterocycles. The Balaban J connectivity index is 2.38. The van der Waals surface area contributed by atoms with Crippen LogP contribution in [-0.2, 0) is 9.59 Å². The Bertz CT molecular complexity index is 193. The van der Waals surface area contributed by atoms with Gasteiger partial charge in [-0.2, -0.15) is 0 Å². The normalized spacial score (nSPS) is 23.2. The summed E-state index contributed by atoms with van der Waals surface area (Å²) in [4.78, 5) is 21.9. The summed E-state index contributed by atoms with van der Waals surface area (Å²) < 4.78 is 0. The molecule has 0 radical (unpaired) electrons. The smallest absolute Gasteiger partial charge is 0.243 e. The summed E-state index contributed by atoms with van der Waals surface area (Å²) >= 11 is 0. The molecule has 1 saturated heterocycles. The fourth-order valence-corrected chi connectivity index (χ4v) is 1.13. The van der Waals surface area contributed by atoms with Crippen molar-refractivity contribution in [3.8, 4) is 0 Å². The highest BCUT2D eigenvalue weighted by molar-refractivity contribution is 5.94. The molecule has 0 spiro atoms. The van der Waals surface area contributed by atoms with Gasteiger partial charge in [-0.15, -0.1) is 0 Å². The molecule has 1 atom stereocenters. The SMILES string of the molecule is NCCCC1NC(=O)CNC1=O. The summed E-state index contributed by atoms with van der Waals surface area (Å²) in [6.45, 7) is 0.637. The molecule has 1 unspecified atom stereocenters. The Labute approximate surface area is 70.7 Å². The molecule has 0 aliphatic carbocycles. The highest BCUT2D eigenvalue weighted by atomic mass is 16.2. The number of carbonyl (C=O) groups is 2. The number of nitrogens with two attached hydrogens (primary N) is 1. The number of amides is 2. The molecule has 12 heavy (non-hydrogen) atoms. The van der Waals surface area contributed by atoms with Gasteiger partial charge in [-0.05, 0) is 19.4 Å². The maximum absolute atomic E-state index is 11.1. The average Bonchev–Trinajstić information content (AvgIpc) is 2.07. The van der Waals surface area contributed by atoms with Gasteiger partial charge in [-0.3, -0.25) is 9.59 Å². The molecule has 0 aromatic rings. The van der Waals surface area contributed by atoms with Crippen molar-refractivity contribution in [1.82, 2.24) is 10.6 Å². The number of nitrogens with one attached hydrogen (secondary N) is 2. The van der Waals surface area contributed by atoms with E-state index in [1.165, 1.54) is 0 Å². The first-order valence-corrected chi connectivity index (χ1v) is 4.01. The molecule has 0 aromatic carbocycles. The van der Waals surface area contributed by atoms with Crippen molar-refractivity contribution in [2.24, 2.45) is 5.73 Å². The lowest BCUT2D eigenvalue weighted by molar-refractivity contribution is -0.133. The van der Waals surface area contributed by atoms with Crippen LogP contribution in [0.5, 0.6) is 0 Å². The number of hydrogen-bond donors (Lipinski definition) is 3. The monoisotopic (exact) mass is 171 g/mol. The summed E-state index contributed by atoms with van der Waals surface area (Å²) in [5.74, 6) is -0.236. The van der Waals surface area contributed by atoms with Gasteiger partial charge < -0.3 is 16.4 Å². The Morgan fingerprint density at radius 3 is 2.92 bits per heavy atom. The zero-order valence-corrected chi connectivity index (χ0v) is 6.80. The number of hydrogen-bond acceptors (Lipinski definition) is 3. The highest BCUT2D eigenvalue weighted by Crippen LogP contribution is 1.99. The second-order valence-electron chi connectivity index (χ2n) is 2.77. The molecule has 68 valence electrons. The molecule has 1 rings (SSSR count). The van der Waals surface area contributed by atoms with E-state index in [0.29, 0.717) is 13.0 Å². The Hall–Kier alpha value is -1.10. The lowest BCUT2D eigenvalue weighted by Crippen LogP contribution is -2.56. The minimum absolute atomic E-state index is 0.0952. The molecule has 1 aliphatic rings. The minimum atomic E-state index is -0.380. The first-order valence-electron chi connectivity index (χ1n) is 4.01. The van der Waals surface area contributed by atoms with Crippen molar-refractivity contribution >= 4 is 11.8 Å². The van der Waals surface area contributed by atoms with Crippen LogP contribution in [0.4, 0.5) is 0 Å². The predicted octanol–water partition coefficient (Wildman–Crippen LogP) is -1.66. The van der Waals surface area contributed by atoms with E-state index in [1.54, 1.807) is 0 Å². The van der Waals surface area contributed by atoms with Crippen LogP contribution in [-0.4, -0.2) is 30.9 Å². The van der Waals surface area contributed by atoms with Crippen molar-refractivity contribution in [1.29, 1.82) is 0 Å². The van der Waals surface area contributed by atoms with Crippen LogP contribution < -0.4 is 16.4 Å². The van der Waals surface area contributed by atoms with E-state index >= 15 is 0 Å². The van der Waals surface area contributed by atoms with Crippen molar-refractivity contribution in [3.05, 3.63) is 0 Å². The second kappa shape index (κ2) is 4.06. The number of carbonyl (C=O) groups excluding carboxylic acids is 2. The van der Waals surface area contributed by atoms with Crippen molar-refractivity contribution in [3.63, 3.8) is 0 Å². The van der Waals surface area contributed by atoms with E-state index in [-0.39, 0.29) is 24.4 Å². The average molecular weight is 171 g/mol. The fraction of sp³-hybridized carbons (Fsp3) is 0.714. The van der Waals surface area contributed by atoms with Crippen LogP contribution in [0, 0.1) is 0 Å². The fourth-order valence-electron chi connectivity index (χ4n) is 1.13. The summed E-state index contributed by atoms with van der Waals surface area (Å²) in [6.07, 6.45) is 1.37. The van der Waals surface area contributed by atoms with Crippen molar-refractivity contribution in [2.75, 3.05) is 13.1 Å². The molecule has 5 nitrogen and oxygen atoms in total. The Morgan fingerprint density at radius 1 is 1.50 bits per heavy atom. The van der Waals surface area contributed by atoms with E-state index < -0.39 is 0 Å². The highest BCUT2D eigenvalue weighted by Gasteiger charge is 2.24. The molecule has 5 heteroatoms. The van der Waals surface area contributed by atoms with Gasteiger partial charge in [-0.25, -0.2) is 0 Å². The van der Waals surface area contributed by atoms with Gasteiger partial charge in [0.15, 0.2) is 0 Å². The number of rotatable bonds is 3.